The van der Waals surface area contributed by atoms with Gasteiger partial charge in [0.25, 0.3) is 0 Å². The summed E-state index contributed by atoms with van der Waals surface area (Å²) < 4.78 is 0. The van der Waals surface area contributed by atoms with Gasteiger partial charge in [-0.15, -0.1) is 0 Å². The van der Waals surface area contributed by atoms with Crippen LogP contribution in [0.5, 0.6) is 0 Å². The molecule has 0 aromatic heterocycles. The van der Waals surface area contributed by atoms with E-state index < -0.39 is 0 Å². The van der Waals surface area contributed by atoms with Crippen LogP contribution in [0, 0.1) is 0 Å². The Hall–Kier alpha value is 1.95. The maximum atomic E-state index is 4.13. The van der Waals surface area contributed by atoms with Gasteiger partial charge in [0.2, 0.25) is 0 Å². The molecule has 0 heterocycles. The van der Waals surface area contributed by atoms with Gasteiger partial charge in [0.1, 0.15) is 0 Å². The Morgan fingerprint density at radius 1 is 1.22 bits per heavy atom. The number of hydrogen-bond acceptors (Lipinski definition) is 2. The van der Waals surface area contributed by atoms with E-state index in [9.17, 15) is 0 Å². The summed E-state index contributed by atoms with van der Waals surface area (Å²) in [5, 5.41) is 0. The van der Waals surface area contributed by atoms with Gasteiger partial charge in [-0.2, -0.15) is 12.6 Å². The van der Waals surface area contributed by atoms with Gasteiger partial charge >= 0.3 is 51.4 Å². The van der Waals surface area contributed by atoms with Crippen molar-refractivity contribution in [3.05, 3.63) is 0 Å². The van der Waals surface area contributed by atoms with Gasteiger partial charge in [-0.1, -0.05) is 13.8 Å². The molecule has 0 saturated carbocycles. The van der Waals surface area contributed by atoms with E-state index in [0.29, 0.717) is 0 Å². The predicted octanol–water partition coefficient (Wildman–Crippen LogP) is 0.609. The topological polar surface area (TPSA) is 3.24 Å². The standard InChI is InChI=1S/C6H15NS.K.H/c1-3-7(4-2)5-6-8;;/h8H,3-6H2,1-2H3;;. The van der Waals surface area contributed by atoms with Crippen LogP contribution in [0.4, 0.5) is 0 Å². The molecular formula is C6H16KNS. The normalized spacial score (nSPS) is 9.33. The first-order valence-corrected chi connectivity index (χ1v) is 3.81. The van der Waals surface area contributed by atoms with E-state index >= 15 is 0 Å². The van der Waals surface area contributed by atoms with Crippen LogP contribution in [-0.2, 0) is 0 Å². The van der Waals surface area contributed by atoms with Gasteiger partial charge in [-0.05, 0) is 13.1 Å². The van der Waals surface area contributed by atoms with E-state index in [1.807, 2.05) is 0 Å². The van der Waals surface area contributed by atoms with Crippen LogP contribution in [0.2, 0.25) is 0 Å². The van der Waals surface area contributed by atoms with Crippen LogP contribution in [0.1, 0.15) is 13.8 Å². The zero-order valence-electron chi connectivity index (χ0n) is 5.72. The van der Waals surface area contributed by atoms with E-state index in [-0.39, 0.29) is 51.4 Å². The molecule has 0 rings (SSSR count). The first-order chi connectivity index (χ1) is 3.85. The molecule has 0 fully saturated rings. The van der Waals surface area contributed by atoms with Gasteiger partial charge in [-0.25, -0.2) is 0 Å². The number of thiol groups is 1. The van der Waals surface area contributed by atoms with E-state index in [0.717, 1.165) is 25.4 Å². The third-order valence-electron chi connectivity index (χ3n) is 1.31. The molecule has 3 heteroatoms. The van der Waals surface area contributed by atoms with Crippen molar-refractivity contribution < 1.29 is 0 Å². The Morgan fingerprint density at radius 3 is 1.78 bits per heavy atom. The van der Waals surface area contributed by atoms with Crippen LogP contribution in [0.25, 0.3) is 0 Å². The zero-order chi connectivity index (χ0) is 6.41. The van der Waals surface area contributed by atoms with Gasteiger partial charge in [0, 0.05) is 12.3 Å². The van der Waals surface area contributed by atoms with Crippen LogP contribution in [0.3, 0.4) is 0 Å². The molecule has 0 spiro atoms. The fraction of sp³-hybridized carbons (Fsp3) is 1.00. The molecule has 0 aliphatic carbocycles. The molecule has 0 N–H and O–H groups in total. The number of hydrogen-bond donors (Lipinski definition) is 1. The second kappa shape index (κ2) is 9.95. The van der Waals surface area contributed by atoms with Crippen molar-refractivity contribution in [2.24, 2.45) is 0 Å². The van der Waals surface area contributed by atoms with Crippen LogP contribution < -0.4 is 0 Å². The summed E-state index contributed by atoms with van der Waals surface area (Å²) in [6.45, 7) is 7.77. The average Bonchev–Trinajstić information content (AvgIpc) is 1.83. The van der Waals surface area contributed by atoms with Crippen molar-refractivity contribution >= 4 is 64.0 Å². The number of nitrogens with zero attached hydrogens (tertiary/aromatic N) is 1. The Bertz CT molecular complexity index is 48.3. The van der Waals surface area contributed by atoms with E-state index in [4.69, 9.17) is 0 Å². The van der Waals surface area contributed by atoms with Crippen molar-refractivity contribution in [2.45, 2.75) is 13.8 Å². The van der Waals surface area contributed by atoms with Crippen LogP contribution in [-0.4, -0.2) is 81.7 Å². The molecular weight excluding hydrogens is 157 g/mol. The Kier molecular flexibility index (Phi) is 15.0. The monoisotopic (exact) mass is 173 g/mol. The molecule has 9 heavy (non-hydrogen) atoms. The second-order valence-electron chi connectivity index (χ2n) is 1.75. The molecule has 0 saturated heterocycles. The van der Waals surface area contributed by atoms with E-state index in [1.165, 1.54) is 0 Å². The minimum atomic E-state index is 0. The SMILES string of the molecule is CCN(CC)CCS.[KH]. The molecule has 0 aliphatic rings. The molecule has 1 nitrogen and oxygen atoms in total. The first kappa shape index (κ1) is 13.5. The van der Waals surface area contributed by atoms with Crippen molar-refractivity contribution in [3.63, 3.8) is 0 Å². The van der Waals surface area contributed by atoms with Gasteiger partial charge < -0.3 is 4.90 Å². The van der Waals surface area contributed by atoms with Crippen LogP contribution >= 0.6 is 12.6 Å². The summed E-state index contributed by atoms with van der Waals surface area (Å²) in [6.07, 6.45) is 0. The van der Waals surface area contributed by atoms with Crippen molar-refractivity contribution in [1.82, 2.24) is 4.90 Å². The molecule has 0 aliphatic heterocycles. The van der Waals surface area contributed by atoms with E-state index in [2.05, 4.69) is 31.4 Å². The second-order valence-corrected chi connectivity index (χ2v) is 2.20. The fourth-order valence-corrected chi connectivity index (χ4v) is 0.964. The first-order valence-electron chi connectivity index (χ1n) is 3.18. The average molecular weight is 173 g/mol. The summed E-state index contributed by atoms with van der Waals surface area (Å²) in [7, 11) is 0. The summed E-state index contributed by atoms with van der Waals surface area (Å²) in [5.74, 6) is 0.974. The van der Waals surface area contributed by atoms with Gasteiger partial charge in [0.05, 0.1) is 0 Å². The van der Waals surface area contributed by atoms with Crippen LogP contribution in [0.15, 0.2) is 0 Å². The third-order valence-corrected chi connectivity index (χ3v) is 1.51. The van der Waals surface area contributed by atoms with Gasteiger partial charge in [-0.3, -0.25) is 0 Å². The maximum absolute atomic E-state index is 4.13. The molecule has 0 amide bonds. The summed E-state index contributed by atoms with van der Waals surface area (Å²) >= 11 is 4.13. The predicted molar refractivity (Wildman–Crippen MR) is 48.8 cm³/mol. The molecule has 0 radical (unpaired) electrons. The molecule has 0 atom stereocenters. The quantitative estimate of drug-likeness (QED) is 0.481. The van der Waals surface area contributed by atoms with Gasteiger partial charge in [0.15, 0.2) is 0 Å². The Balaban J connectivity index is 0. The molecule has 0 aromatic carbocycles. The summed E-state index contributed by atoms with van der Waals surface area (Å²) in [4.78, 5) is 2.35. The zero-order valence-corrected chi connectivity index (χ0v) is 6.62. The van der Waals surface area contributed by atoms with Crippen molar-refractivity contribution in [2.75, 3.05) is 25.4 Å². The molecule has 0 unspecified atom stereocenters. The fourth-order valence-electron chi connectivity index (χ4n) is 0.681. The third kappa shape index (κ3) is 7.85. The Labute approximate surface area is 106 Å². The summed E-state index contributed by atoms with van der Waals surface area (Å²) in [5.41, 5.74) is 0. The number of rotatable bonds is 4. The summed E-state index contributed by atoms with van der Waals surface area (Å²) in [6, 6.07) is 0. The molecule has 52 valence electrons. The van der Waals surface area contributed by atoms with Crippen molar-refractivity contribution in [3.8, 4) is 0 Å². The molecule has 0 bridgehead atoms. The molecule has 0 aromatic rings. The Morgan fingerprint density at radius 2 is 1.67 bits per heavy atom. The minimum absolute atomic E-state index is 0. The van der Waals surface area contributed by atoms with Crippen molar-refractivity contribution in [1.29, 1.82) is 0 Å². The van der Waals surface area contributed by atoms with E-state index in [1.54, 1.807) is 0 Å².